The molecule has 0 fully saturated rings. The summed E-state index contributed by atoms with van der Waals surface area (Å²) in [6, 6.07) is 0. The van der Waals surface area contributed by atoms with Gasteiger partial charge in [-0.25, -0.2) is 4.98 Å². The fraction of sp³-hybridized carbons (Fsp3) is 0.500. The first kappa shape index (κ1) is 10.1. The molecule has 1 rings (SSSR count). The molecule has 0 aromatic carbocycles. The first-order chi connectivity index (χ1) is 5.89. The molecular formula is C8H12N2O2S. The summed E-state index contributed by atoms with van der Waals surface area (Å²) < 4.78 is 0. The maximum Gasteiger partial charge on any atom is 0.257 e. The van der Waals surface area contributed by atoms with Crippen LogP contribution in [0.4, 0.5) is 5.13 Å². The maximum absolute atomic E-state index is 11.2. The minimum absolute atomic E-state index is 0.443. The summed E-state index contributed by atoms with van der Waals surface area (Å²) in [5, 5.41) is 14.2. The van der Waals surface area contributed by atoms with Crippen LogP contribution in [-0.4, -0.2) is 21.6 Å². The number of aryl methyl sites for hydroxylation is 1. The van der Waals surface area contributed by atoms with Gasteiger partial charge in [-0.3, -0.25) is 10.1 Å². The molecule has 0 saturated heterocycles. The van der Waals surface area contributed by atoms with Gasteiger partial charge in [0.1, 0.15) is 5.60 Å². The molecule has 0 radical (unpaired) electrons. The first-order valence-corrected chi connectivity index (χ1v) is 4.73. The van der Waals surface area contributed by atoms with Crippen molar-refractivity contribution in [2.75, 3.05) is 5.32 Å². The fourth-order valence-corrected chi connectivity index (χ4v) is 1.34. The third-order valence-corrected chi connectivity index (χ3v) is 2.27. The van der Waals surface area contributed by atoms with Gasteiger partial charge < -0.3 is 5.11 Å². The predicted octanol–water partition coefficient (Wildman–Crippen LogP) is 1.16. The Balaban J connectivity index is 2.65. The third-order valence-electron chi connectivity index (χ3n) is 1.40. The molecule has 1 heterocycles. The van der Waals surface area contributed by atoms with Crippen molar-refractivity contribution in [2.45, 2.75) is 26.4 Å². The summed E-state index contributed by atoms with van der Waals surface area (Å²) in [5.41, 5.74) is -0.504. The smallest absolute Gasteiger partial charge is 0.257 e. The van der Waals surface area contributed by atoms with Crippen LogP contribution < -0.4 is 5.32 Å². The minimum Gasteiger partial charge on any atom is -0.381 e. The van der Waals surface area contributed by atoms with Gasteiger partial charge in [0.25, 0.3) is 5.91 Å². The SMILES string of the molecule is Cc1csc(NC(=O)C(C)(C)O)n1. The third kappa shape index (κ3) is 2.78. The number of anilines is 1. The van der Waals surface area contributed by atoms with E-state index in [2.05, 4.69) is 10.3 Å². The van der Waals surface area contributed by atoms with Crippen LogP contribution in [0.25, 0.3) is 0 Å². The van der Waals surface area contributed by atoms with Crippen LogP contribution in [0.3, 0.4) is 0 Å². The highest BCUT2D eigenvalue weighted by molar-refractivity contribution is 7.13. The molecule has 5 heteroatoms. The lowest BCUT2D eigenvalue weighted by molar-refractivity contribution is -0.130. The molecule has 0 bridgehead atoms. The Morgan fingerprint density at radius 2 is 2.31 bits per heavy atom. The molecule has 0 aliphatic rings. The van der Waals surface area contributed by atoms with E-state index in [0.717, 1.165) is 5.69 Å². The van der Waals surface area contributed by atoms with Crippen molar-refractivity contribution in [3.05, 3.63) is 11.1 Å². The normalized spacial score (nSPS) is 11.4. The van der Waals surface area contributed by atoms with Gasteiger partial charge >= 0.3 is 0 Å². The lowest BCUT2D eigenvalue weighted by atomic mass is 10.1. The Hall–Kier alpha value is -0.940. The zero-order chi connectivity index (χ0) is 10.1. The number of carbonyl (C=O) groups excluding carboxylic acids is 1. The van der Waals surface area contributed by atoms with E-state index in [1.54, 1.807) is 0 Å². The second-order valence-corrected chi connectivity index (χ2v) is 4.17. The highest BCUT2D eigenvalue weighted by Gasteiger charge is 2.24. The molecule has 4 nitrogen and oxygen atoms in total. The molecule has 0 atom stereocenters. The summed E-state index contributed by atoms with van der Waals surface area (Å²) >= 11 is 1.34. The van der Waals surface area contributed by atoms with Crippen molar-refractivity contribution < 1.29 is 9.90 Å². The van der Waals surface area contributed by atoms with E-state index in [1.807, 2.05) is 12.3 Å². The number of hydrogen-bond donors (Lipinski definition) is 2. The standard InChI is InChI=1S/C8H12N2O2S/c1-5-4-13-7(9-5)10-6(11)8(2,3)12/h4,12H,1-3H3,(H,9,10,11). The van der Waals surface area contributed by atoms with Crippen molar-refractivity contribution in [1.82, 2.24) is 4.98 Å². The van der Waals surface area contributed by atoms with E-state index < -0.39 is 11.5 Å². The van der Waals surface area contributed by atoms with Crippen molar-refractivity contribution in [2.24, 2.45) is 0 Å². The van der Waals surface area contributed by atoms with E-state index in [0.29, 0.717) is 5.13 Å². The van der Waals surface area contributed by atoms with E-state index in [1.165, 1.54) is 25.2 Å². The topological polar surface area (TPSA) is 62.2 Å². The highest BCUT2D eigenvalue weighted by Crippen LogP contribution is 2.16. The number of nitrogens with zero attached hydrogens (tertiary/aromatic N) is 1. The molecule has 0 aliphatic carbocycles. The quantitative estimate of drug-likeness (QED) is 0.753. The molecule has 1 aromatic heterocycles. The van der Waals surface area contributed by atoms with Crippen LogP contribution in [0, 0.1) is 6.92 Å². The number of rotatable bonds is 2. The number of amides is 1. The van der Waals surface area contributed by atoms with Crippen LogP contribution >= 0.6 is 11.3 Å². The monoisotopic (exact) mass is 200 g/mol. The number of aromatic nitrogens is 1. The number of thiazole rings is 1. The van der Waals surface area contributed by atoms with Gasteiger partial charge in [0.15, 0.2) is 5.13 Å². The van der Waals surface area contributed by atoms with Crippen molar-refractivity contribution in [3.8, 4) is 0 Å². The summed E-state index contributed by atoms with van der Waals surface area (Å²) in [4.78, 5) is 15.3. The number of carbonyl (C=O) groups is 1. The molecular weight excluding hydrogens is 188 g/mol. The lowest BCUT2D eigenvalue weighted by Gasteiger charge is -2.14. The molecule has 2 N–H and O–H groups in total. The second kappa shape index (κ2) is 3.43. The largest absolute Gasteiger partial charge is 0.381 e. The van der Waals surface area contributed by atoms with Crippen LogP contribution in [0.1, 0.15) is 19.5 Å². The average molecular weight is 200 g/mol. The van der Waals surface area contributed by atoms with E-state index in [9.17, 15) is 9.90 Å². The van der Waals surface area contributed by atoms with Crippen LogP contribution in [0.5, 0.6) is 0 Å². The number of hydrogen-bond acceptors (Lipinski definition) is 4. The fourth-order valence-electron chi connectivity index (χ4n) is 0.661. The summed E-state index contributed by atoms with van der Waals surface area (Å²) in [6.45, 7) is 4.71. The van der Waals surface area contributed by atoms with Gasteiger partial charge in [-0.15, -0.1) is 11.3 Å². The molecule has 72 valence electrons. The highest BCUT2D eigenvalue weighted by atomic mass is 32.1. The Bertz CT molecular complexity index is 314. The van der Waals surface area contributed by atoms with Gasteiger partial charge in [-0.1, -0.05) is 0 Å². The molecule has 13 heavy (non-hydrogen) atoms. The van der Waals surface area contributed by atoms with Crippen molar-refractivity contribution in [3.63, 3.8) is 0 Å². The Kier molecular flexibility index (Phi) is 2.68. The van der Waals surface area contributed by atoms with Crippen LogP contribution in [0.15, 0.2) is 5.38 Å². The zero-order valence-electron chi connectivity index (χ0n) is 7.79. The molecule has 1 amide bonds. The molecule has 0 unspecified atom stereocenters. The van der Waals surface area contributed by atoms with Gasteiger partial charge in [0.2, 0.25) is 0 Å². The van der Waals surface area contributed by atoms with Gasteiger partial charge in [-0.2, -0.15) is 0 Å². The van der Waals surface area contributed by atoms with Crippen molar-refractivity contribution >= 4 is 22.4 Å². The van der Waals surface area contributed by atoms with E-state index in [-0.39, 0.29) is 0 Å². The zero-order valence-corrected chi connectivity index (χ0v) is 8.60. The maximum atomic E-state index is 11.2. The Morgan fingerprint density at radius 1 is 1.69 bits per heavy atom. The molecule has 1 aromatic rings. The Labute approximate surface area is 80.6 Å². The number of aliphatic hydroxyl groups is 1. The summed E-state index contributed by atoms with van der Waals surface area (Å²) in [6.07, 6.45) is 0. The second-order valence-electron chi connectivity index (χ2n) is 3.31. The van der Waals surface area contributed by atoms with Crippen LogP contribution in [0.2, 0.25) is 0 Å². The molecule has 0 saturated carbocycles. The van der Waals surface area contributed by atoms with Crippen molar-refractivity contribution in [1.29, 1.82) is 0 Å². The first-order valence-electron chi connectivity index (χ1n) is 3.85. The summed E-state index contributed by atoms with van der Waals surface area (Å²) in [5.74, 6) is -0.443. The predicted molar refractivity (Wildman–Crippen MR) is 51.8 cm³/mol. The van der Waals surface area contributed by atoms with E-state index >= 15 is 0 Å². The van der Waals surface area contributed by atoms with Gasteiger partial charge in [-0.05, 0) is 20.8 Å². The lowest BCUT2D eigenvalue weighted by Crippen LogP contribution is -2.36. The van der Waals surface area contributed by atoms with Gasteiger partial charge in [0.05, 0.1) is 5.69 Å². The van der Waals surface area contributed by atoms with Crippen LogP contribution in [-0.2, 0) is 4.79 Å². The Morgan fingerprint density at radius 3 is 2.69 bits per heavy atom. The molecule has 0 aliphatic heterocycles. The minimum atomic E-state index is -1.36. The van der Waals surface area contributed by atoms with Gasteiger partial charge in [0, 0.05) is 5.38 Å². The number of nitrogens with one attached hydrogen (secondary N) is 1. The summed E-state index contributed by atoms with van der Waals surface area (Å²) in [7, 11) is 0. The van der Waals surface area contributed by atoms with E-state index in [4.69, 9.17) is 0 Å². The average Bonchev–Trinajstić information content (AvgIpc) is 2.33. The molecule has 0 spiro atoms.